The molecule has 4 nitrogen and oxygen atoms in total. The highest BCUT2D eigenvalue weighted by Gasteiger charge is 2.16. The Morgan fingerprint density at radius 1 is 0.815 bits per heavy atom. The van der Waals surface area contributed by atoms with Crippen molar-refractivity contribution < 1.29 is 9.59 Å². The number of fused-ring (bicyclic) bond motifs is 1. The molecule has 0 spiro atoms. The maximum atomic E-state index is 12.7. The van der Waals surface area contributed by atoms with Crippen LogP contribution in [0, 0.1) is 0 Å². The number of hydrogen-bond acceptors (Lipinski definition) is 2. The number of carbonyl (C=O) groups excluding carboxylic acids is 2. The first-order chi connectivity index (χ1) is 13.1. The zero-order valence-electron chi connectivity index (χ0n) is 14.2. The van der Waals surface area contributed by atoms with Crippen LogP contribution in [0.15, 0.2) is 83.3 Å². The molecular formula is C22H15BrN2O2. The van der Waals surface area contributed by atoms with Crippen LogP contribution in [0.3, 0.4) is 0 Å². The first-order valence-electron chi connectivity index (χ1n) is 8.41. The molecule has 132 valence electrons. The Morgan fingerprint density at radius 2 is 1.52 bits per heavy atom. The molecule has 5 heteroatoms. The minimum absolute atomic E-state index is 0.0847. The zero-order chi connectivity index (χ0) is 18.8. The van der Waals surface area contributed by atoms with E-state index < -0.39 is 0 Å². The number of aromatic amines is 1. The zero-order valence-corrected chi connectivity index (χ0v) is 15.8. The van der Waals surface area contributed by atoms with Crippen molar-refractivity contribution >= 4 is 44.2 Å². The summed E-state index contributed by atoms with van der Waals surface area (Å²) in [6, 6.07) is 23.7. The number of para-hydroxylation sites is 1. The topological polar surface area (TPSA) is 62.0 Å². The summed E-state index contributed by atoms with van der Waals surface area (Å²) in [4.78, 5) is 28.4. The number of benzene rings is 3. The quantitative estimate of drug-likeness (QED) is 0.435. The number of anilines is 1. The summed E-state index contributed by atoms with van der Waals surface area (Å²) < 4.78 is 0.715. The molecule has 1 heterocycles. The van der Waals surface area contributed by atoms with Gasteiger partial charge in [0.15, 0.2) is 5.78 Å². The second-order valence-electron chi connectivity index (χ2n) is 6.09. The van der Waals surface area contributed by atoms with Gasteiger partial charge in [-0.25, -0.2) is 0 Å². The fourth-order valence-electron chi connectivity index (χ4n) is 2.95. The number of rotatable bonds is 4. The summed E-state index contributed by atoms with van der Waals surface area (Å²) in [6.07, 6.45) is 0. The van der Waals surface area contributed by atoms with E-state index in [1.165, 1.54) is 0 Å². The number of nitrogens with one attached hydrogen (secondary N) is 2. The van der Waals surface area contributed by atoms with E-state index in [9.17, 15) is 9.59 Å². The van der Waals surface area contributed by atoms with Crippen molar-refractivity contribution in [2.75, 3.05) is 5.32 Å². The fraction of sp³-hybridized carbons (Fsp3) is 0. The van der Waals surface area contributed by atoms with Gasteiger partial charge in [-0.1, -0.05) is 60.7 Å². The number of carbonyl (C=O) groups is 2. The average molecular weight is 419 g/mol. The summed E-state index contributed by atoms with van der Waals surface area (Å²) in [5, 5.41) is 3.79. The van der Waals surface area contributed by atoms with Gasteiger partial charge in [0.1, 0.15) is 5.69 Å². The molecule has 0 aliphatic rings. The van der Waals surface area contributed by atoms with Gasteiger partial charge in [-0.15, -0.1) is 0 Å². The molecule has 27 heavy (non-hydrogen) atoms. The summed E-state index contributed by atoms with van der Waals surface area (Å²) in [6.45, 7) is 0. The number of hydrogen-bond donors (Lipinski definition) is 2. The van der Waals surface area contributed by atoms with E-state index in [1.807, 2.05) is 42.5 Å². The number of halogens is 1. The van der Waals surface area contributed by atoms with Crippen molar-refractivity contribution in [1.29, 1.82) is 0 Å². The highest BCUT2D eigenvalue weighted by atomic mass is 79.9. The van der Waals surface area contributed by atoms with E-state index in [4.69, 9.17) is 0 Å². The Hall–Kier alpha value is -3.18. The van der Waals surface area contributed by atoms with Crippen LogP contribution in [-0.2, 0) is 0 Å². The van der Waals surface area contributed by atoms with Crippen molar-refractivity contribution in [2.45, 2.75) is 0 Å². The second-order valence-corrected chi connectivity index (χ2v) is 6.88. The molecule has 0 unspecified atom stereocenters. The fourth-order valence-corrected chi connectivity index (χ4v) is 3.58. The molecule has 0 aliphatic heterocycles. The maximum Gasteiger partial charge on any atom is 0.273 e. The molecule has 0 aliphatic carbocycles. The van der Waals surface area contributed by atoms with Gasteiger partial charge in [-0.05, 0) is 34.1 Å². The highest BCUT2D eigenvalue weighted by molar-refractivity contribution is 9.10. The van der Waals surface area contributed by atoms with Gasteiger partial charge in [0.05, 0.1) is 4.47 Å². The van der Waals surface area contributed by atoms with E-state index in [-0.39, 0.29) is 11.7 Å². The van der Waals surface area contributed by atoms with Crippen molar-refractivity contribution in [3.63, 3.8) is 0 Å². The van der Waals surface area contributed by atoms with E-state index in [1.54, 1.807) is 36.4 Å². The Balaban J connectivity index is 1.60. The van der Waals surface area contributed by atoms with Gasteiger partial charge >= 0.3 is 0 Å². The van der Waals surface area contributed by atoms with Crippen LogP contribution in [0.25, 0.3) is 10.9 Å². The molecule has 0 fully saturated rings. The van der Waals surface area contributed by atoms with Crippen LogP contribution < -0.4 is 5.32 Å². The van der Waals surface area contributed by atoms with Crippen LogP contribution in [0.1, 0.15) is 26.4 Å². The monoisotopic (exact) mass is 418 g/mol. The molecule has 0 radical (unpaired) electrons. The van der Waals surface area contributed by atoms with Gasteiger partial charge in [0.2, 0.25) is 0 Å². The highest BCUT2D eigenvalue weighted by Crippen LogP contribution is 2.28. The third-order valence-corrected chi connectivity index (χ3v) is 5.11. The van der Waals surface area contributed by atoms with Gasteiger partial charge in [0.25, 0.3) is 5.91 Å². The average Bonchev–Trinajstić information content (AvgIpc) is 3.05. The van der Waals surface area contributed by atoms with Crippen LogP contribution in [0.5, 0.6) is 0 Å². The van der Waals surface area contributed by atoms with Crippen LogP contribution in [0.2, 0.25) is 0 Å². The molecule has 0 saturated carbocycles. The number of H-pyrrole nitrogens is 1. The Bertz CT molecular complexity index is 1150. The minimum atomic E-state index is -0.276. The summed E-state index contributed by atoms with van der Waals surface area (Å²) in [7, 11) is 0. The van der Waals surface area contributed by atoms with E-state index >= 15 is 0 Å². The summed E-state index contributed by atoms with van der Waals surface area (Å²) in [5.41, 5.74) is 3.01. The Morgan fingerprint density at radius 3 is 2.30 bits per heavy atom. The van der Waals surface area contributed by atoms with Crippen LogP contribution in [-0.4, -0.2) is 16.7 Å². The van der Waals surface area contributed by atoms with Crippen molar-refractivity contribution in [2.24, 2.45) is 0 Å². The lowest BCUT2D eigenvalue weighted by Gasteiger charge is -2.07. The molecule has 3 aromatic carbocycles. The lowest BCUT2D eigenvalue weighted by atomic mass is 10.0. The molecule has 1 amide bonds. The minimum Gasteiger partial charge on any atom is -0.350 e. The van der Waals surface area contributed by atoms with E-state index in [0.717, 1.165) is 10.9 Å². The maximum absolute atomic E-state index is 12.7. The SMILES string of the molecule is O=C(c1ccccc1)c1cccc(NC(=O)c2[nH]c3ccccc3c2Br)c1. The number of amides is 1. The van der Waals surface area contributed by atoms with Gasteiger partial charge in [-0.2, -0.15) is 0 Å². The van der Waals surface area contributed by atoms with Gasteiger partial charge in [-0.3, -0.25) is 9.59 Å². The number of ketones is 1. The predicted octanol–water partition coefficient (Wildman–Crippen LogP) is 5.41. The molecule has 1 aromatic heterocycles. The standard InChI is InChI=1S/C22H15BrN2O2/c23-19-17-11-4-5-12-18(17)25-20(19)22(27)24-16-10-6-9-15(13-16)21(26)14-7-2-1-3-8-14/h1-13,25H,(H,24,27). The van der Waals surface area contributed by atoms with Crippen LogP contribution in [0.4, 0.5) is 5.69 Å². The van der Waals surface area contributed by atoms with E-state index in [0.29, 0.717) is 27.0 Å². The third kappa shape index (κ3) is 3.41. The lowest BCUT2D eigenvalue weighted by molar-refractivity contribution is 0.101. The second kappa shape index (κ2) is 7.21. The van der Waals surface area contributed by atoms with Crippen molar-refractivity contribution in [1.82, 2.24) is 4.98 Å². The molecule has 4 rings (SSSR count). The molecule has 0 saturated heterocycles. The molecular weight excluding hydrogens is 404 g/mol. The molecule has 4 aromatic rings. The molecule has 0 atom stereocenters. The summed E-state index contributed by atoms with van der Waals surface area (Å²) in [5.74, 6) is -0.360. The smallest absolute Gasteiger partial charge is 0.273 e. The Labute approximate surface area is 164 Å². The van der Waals surface area contributed by atoms with Gasteiger partial charge < -0.3 is 10.3 Å². The lowest BCUT2D eigenvalue weighted by Crippen LogP contribution is -2.13. The molecule has 2 N–H and O–H groups in total. The Kier molecular flexibility index (Phi) is 4.60. The third-order valence-electron chi connectivity index (χ3n) is 4.29. The van der Waals surface area contributed by atoms with Crippen molar-refractivity contribution in [3.05, 3.63) is 100 Å². The normalized spacial score (nSPS) is 10.7. The van der Waals surface area contributed by atoms with Gasteiger partial charge in [0, 0.05) is 27.7 Å². The molecule has 0 bridgehead atoms. The first kappa shape index (κ1) is 17.2. The predicted molar refractivity (Wildman–Crippen MR) is 110 cm³/mol. The van der Waals surface area contributed by atoms with Crippen LogP contribution >= 0.6 is 15.9 Å². The number of aromatic nitrogens is 1. The van der Waals surface area contributed by atoms with Crippen molar-refractivity contribution in [3.8, 4) is 0 Å². The largest absolute Gasteiger partial charge is 0.350 e. The van der Waals surface area contributed by atoms with E-state index in [2.05, 4.69) is 26.2 Å². The first-order valence-corrected chi connectivity index (χ1v) is 9.20. The summed E-state index contributed by atoms with van der Waals surface area (Å²) >= 11 is 3.49.